The highest BCUT2D eigenvalue weighted by Gasteiger charge is 2.10. The third-order valence-corrected chi connectivity index (χ3v) is 3.44. The number of hydrogen-bond donors (Lipinski definition) is 1. The van der Waals surface area contributed by atoms with Crippen LogP contribution in [-0.2, 0) is 17.2 Å². The van der Waals surface area contributed by atoms with Gasteiger partial charge in [0.1, 0.15) is 5.82 Å². The van der Waals surface area contributed by atoms with Gasteiger partial charge in [0.05, 0.1) is 16.9 Å². The van der Waals surface area contributed by atoms with Crippen molar-refractivity contribution in [2.24, 2.45) is 5.73 Å². The Morgan fingerprint density at radius 2 is 2.16 bits per heavy atom. The monoisotopic (exact) mass is 299 g/mol. The van der Waals surface area contributed by atoms with E-state index in [-0.39, 0.29) is 5.91 Å². The van der Waals surface area contributed by atoms with Gasteiger partial charge in [-0.15, -0.1) is 11.6 Å². The fraction of sp³-hybridized carbons (Fsp3) is 0.385. The van der Waals surface area contributed by atoms with E-state index in [9.17, 15) is 4.79 Å². The molecule has 2 aromatic rings. The molecule has 0 aliphatic heterocycles. The quantitative estimate of drug-likeness (QED) is 0.658. The molecule has 0 unspecified atom stereocenters. The molecule has 0 bridgehead atoms. The van der Waals surface area contributed by atoms with Crippen LogP contribution in [0.25, 0.3) is 11.0 Å². The minimum absolute atomic E-state index is 0.267. The van der Waals surface area contributed by atoms with Crippen molar-refractivity contribution in [1.29, 1.82) is 0 Å². The smallest absolute Gasteiger partial charge is 0.217 e. The minimum atomic E-state index is -0.267. The van der Waals surface area contributed by atoms with E-state index in [4.69, 9.17) is 28.9 Å². The number of nitrogens with two attached hydrogens (primary N) is 1. The number of aryl methyl sites for hydroxylation is 1. The van der Waals surface area contributed by atoms with Gasteiger partial charge < -0.3 is 10.3 Å². The van der Waals surface area contributed by atoms with E-state index in [0.29, 0.717) is 17.3 Å². The van der Waals surface area contributed by atoms with Crippen LogP contribution in [0.1, 0.15) is 25.1 Å². The van der Waals surface area contributed by atoms with E-state index >= 15 is 0 Å². The number of nitrogens with zero attached hydrogens (tertiary/aromatic N) is 2. The molecule has 2 N–H and O–H groups in total. The largest absolute Gasteiger partial charge is 0.370 e. The van der Waals surface area contributed by atoms with Crippen molar-refractivity contribution in [3.05, 3.63) is 29.0 Å². The van der Waals surface area contributed by atoms with E-state index in [0.717, 1.165) is 36.2 Å². The SMILES string of the molecule is NC(=O)CCCCn1c(CCl)nc2ccc(Cl)cc21. The highest BCUT2D eigenvalue weighted by molar-refractivity contribution is 6.31. The Labute approximate surface area is 121 Å². The van der Waals surface area contributed by atoms with Crippen LogP contribution in [0.3, 0.4) is 0 Å². The molecule has 1 aromatic carbocycles. The average Bonchev–Trinajstić information content (AvgIpc) is 2.72. The molecule has 2 rings (SSSR count). The normalized spacial score (nSPS) is 11.1. The Hall–Kier alpha value is -1.26. The zero-order chi connectivity index (χ0) is 13.8. The summed E-state index contributed by atoms with van der Waals surface area (Å²) in [6, 6.07) is 5.58. The molecule has 0 saturated heterocycles. The van der Waals surface area contributed by atoms with Gasteiger partial charge in [0.25, 0.3) is 0 Å². The van der Waals surface area contributed by atoms with Crippen molar-refractivity contribution in [1.82, 2.24) is 9.55 Å². The van der Waals surface area contributed by atoms with Gasteiger partial charge in [-0.25, -0.2) is 4.98 Å². The minimum Gasteiger partial charge on any atom is -0.370 e. The second-order valence-corrected chi connectivity index (χ2v) is 5.07. The molecule has 1 heterocycles. The number of fused-ring (bicyclic) bond motifs is 1. The third-order valence-electron chi connectivity index (χ3n) is 2.96. The molecular weight excluding hydrogens is 285 g/mol. The Kier molecular flexibility index (Phi) is 4.66. The number of imidazole rings is 1. The summed E-state index contributed by atoms with van der Waals surface area (Å²) in [6.45, 7) is 0.756. The van der Waals surface area contributed by atoms with Gasteiger partial charge in [-0.2, -0.15) is 0 Å². The summed E-state index contributed by atoms with van der Waals surface area (Å²) in [6.07, 6.45) is 2.02. The average molecular weight is 300 g/mol. The van der Waals surface area contributed by atoms with Crippen LogP contribution in [0.4, 0.5) is 0 Å². The van der Waals surface area contributed by atoms with Crippen molar-refractivity contribution in [2.45, 2.75) is 31.7 Å². The number of carbonyl (C=O) groups excluding carboxylic acids is 1. The Morgan fingerprint density at radius 3 is 2.84 bits per heavy atom. The van der Waals surface area contributed by atoms with Gasteiger partial charge in [-0.1, -0.05) is 11.6 Å². The summed E-state index contributed by atoms with van der Waals surface area (Å²) in [5.41, 5.74) is 6.98. The molecular formula is C13H15Cl2N3O. The van der Waals surface area contributed by atoms with E-state index in [2.05, 4.69) is 9.55 Å². The zero-order valence-corrected chi connectivity index (χ0v) is 11.9. The molecule has 0 atom stereocenters. The van der Waals surface area contributed by atoms with Crippen LogP contribution in [0.15, 0.2) is 18.2 Å². The summed E-state index contributed by atoms with van der Waals surface area (Å²) in [7, 11) is 0. The van der Waals surface area contributed by atoms with Crippen molar-refractivity contribution in [2.75, 3.05) is 0 Å². The van der Waals surface area contributed by atoms with Gasteiger partial charge in [-0.3, -0.25) is 4.79 Å². The molecule has 6 heteroatoms. The Morgan fingerprint density at radius 1 is 1.37 bits per heavy atom. The fourth-order valence-corrected chi connectivity index (χ4v) is 2.44. The van der Waals surface area contributed by atoms with Crippen molar-refractivity contribution in [3.63, 3.8) is 0 Å². The summed E-state index contributed by atoms with van der Waals surface area (Å²) >= 11 is 11.9. The van der Waals surface area contributed by atoms with E-state index in [1.54, 1.807) is 0 Å². The molecule has 102 valence electrons. The number of aromatic nitrogens is 2. The fourth-order valence-electron chi connectivity index (χ4n) is 2.07. The molecule has 0 radical (unpaired) electrons. The number of halogens is 2. The Bertz CT molecular complexity index is 595. The highest BCUT2D eigenvalue weighted by Crippen LogP contribution is 2.22. The second-order valence-electron chi connectivity index (χ2n) is 4.37. The first-order valence-electron chi connectivity index (χ1n) is 6.10. The van der Waals surface area contributed by atoms with Crippen LogP contribution in [0.2, 0.25) is 5.02 Å². The molecule has 0 fully saturated rings. The van der Waals surface area contributed by atoms with Gasteiger partial charge >= 0.3 is 0 Å². The summed E-state index contributed by atoms with van der Waals surface area (Å²) in [4.78, 5) is 15.2. The summed E-state index contributed by atoms with van der Waals surface area (Å²) < 4.78 is 2.05. The second kappa shape index (κ2) is 6.26. The van der Waals surface area contributed by atoms with Gasteiger partial charge in [0.15, 0.2) is 0 Å². The molecule has 1 amide bonds. The number of amides is 1. The number of rotatable bonds is 6. The standard InChI is InChI=1S/C13H15Cl2N3O/c14-8-13-17-10-5-4-9(15)7-11(10)18(13)6-2-1-3-12(16)19/h4-5,7H,1-3,6,8H2,(H2,16,19). The molecule has 1 aromatic heterocycles. The molecule has 0 spiro atoms. The lowest BCUT2D eigenvalue weighted by atomic mass is 10.2. The van der Waals surface area contributed by atoms with Crippen LogP contribution < -0.4 is 5.73 Å². The first-order valence-corrected chi connectivity index (χ1v) is 7.02. The van der Waals surface area contributed by atoms with Gasteiger partial charge in [0.2, 0.25) is 5.91 Å². The van der Waals surface area contributed by atoms with E-state index in [1.165, 1.54) is 0 Å². The molecule has 4 nitrogen and oxygen atoms in total. The predicted molar refractivity (Wildman–Crippen MR) is 77.3 cm³/mol. The maximum absolute atomic E-state index is 10.7. The van der Waals surface area contributed by atoms with Gasteiger partial charge in [0, 0.05) is 18.0 Å². The van der Waals surface area contributed by atoms with Gasteiger partial charge in [-0.05, 0) is 31.0 Å². The number of alkyl halides is 1. The lowest BCUT2D eigenvalue weighted by molar-refractivity contribution is -0.118. The molecule has 0 saturated carbocycles. The molecule has 0 aliphatic carbocycles. The lowest BCUT2D eigenvalue weighted by Crippen LogP contribution is -2.10. The van der Waals surface area contributed by atoms with Crippen molar-refractivity contribution < 1.29 is 4.79 Å². The number of benzene rings is 1. The Balaban J connectivity index is 2.19. The number of unbranched alkanes of at least 4 members (excludes halogenated alkanes) is 1. The topological polar surface area (TPSA) is 60.9 Å². The number of carbonyl (C=O) groups is 1. The van der Waals surface area contributed by atoms with Crippen LogP contribution in [0.5, 0.6) is 0 Å². The number of primary amides is 1. The maximum atomic E-state index is 10.7. The van der Waals surface area contributed by atoms with Crippen molar-refractivity contribution in [3.8, 4) is 0 Å². The summed E-state index contributed by atoms with van der Waals surface area (Å²) in [5.74, 6) is 0.899. The predicted octanol–water partition coefficient (Wildman–Crippen LogP) is 3.08. The first-order chi connectivity index (χ1) is 9.11. The van der Waals surface area contributed by atoms with Crippen LogP contribution in [-0.4, -0.2) is 15.5 Å². The third kappa shape index (κ3) is 3.39. The molecule has 0 aliphatic rings. The van der Waals surface area contributed by atoms with Crippen molar-refractivity contribution >= 4 is 40.1 Å². The zero-order valence-electron chi connectivity index (χ0n) is 10.4. The maximum Gasteiger partial charge on any atom is 0.217 e. The van der Waals surface area contributed by atoms with Crippen LogP contribution in [0, 0.1) is 0 Å². The molecule has 19 heavy (non-hydrogen) atoms. The first kappa shape index (κ1) is 14.2. The van der Waals surface area contributed by atoms with Crippen LogP contribution >= 0.6 is 23.2 Å². The van der Waals surface area contributed by atoms with E-state index < -0.39 is 0 Å². The lowest BCUT2D eigenvalue weighted by Gasteiger charge is -2.07. The van der Waals surface area contributed by atoms with E-state index in [1.807, 2.05) is 18.2 Å². The highest BCUT2D eigenvalue weighted by atomic mass is 35.5. The number of hydrogen-bond acceptors (Lipinski definition) is 2. The summed E-state index contributed by atoms with van der Waals surface area (Å²) in [5, 5.41) is 0.673.